The molecule has 0 radical (unpaired) electrons. The highest BCUT2D eigenvalue weighted by molar-refractivity contribution is 5.96. The number of nitrogens with two attached hydrogens (primary N) is 1. The van der Waals surface area contributed by atoms with Crippen LogP contribution in [0.4, 0.5) is 11.4 Å². The number of hydrogen-bond donors (Lipinski definition) is 2. The molecule has 15 heavy (non-hydrogen) atoms. The summed E-state index contributed by atoms with van der Waals surface area (Å²) in [7, 11) is 0. The van der Waals surface area contributed by atoms with Crippen molar-refractivity contribution >= 4 is 17.3 Å². The number of rotatable bonds is 2. The van der Waals surface area contributed by atoms with Gasteiger partial charge in [-0.2, -0.15) is 0 Å². The Labute approximate surface area is 87.7 Å². The van der Waals surface area contributed by atoms with Crippen LogP contribution in [0.15, 0.2) is 24.8 Å². The summed E-state index contributed by atoms with van der Waals surface area (Å²) in [5.41, 5.74) is 8.05. The zero-order valence-electron chi connectivity index (χ0n) is 8.25. The highest BCUT2D eigenvalue weighted by Gasteiger charge is 2.17. The molecule has 0 atom stereocenters. The number of hydrogen-bond acceptors (Lipinski definition) is 3. The van der Waals surface area contributed by atoms with Gasteiger partial charge < -0.3 is 15.8 Å². The molecule has 0 bridgehead atoms. The van der Waals surface area contributed by atoms with Crippen molar-refractivity contribution in [3.05, 3.63) is 30.4 Å². The largest absolute Gasteiger partial charge is 0.482 e. The van der Waals surface area contributed by atoms with E-state index in [4.69, 9.17) is 10.5 Å². The molecule has 3 N–H and O–H groups in total. The van der Waals surface area contributed by atoms with Gasteiger partial charge in [-0.05, 0) is 24.1 Å². The Morgan fingerprint density at radius 1 is 1.60 bits per heavy atom. The molecule has 4 heteroatoms. The maximum atomic E-state index is 11.1. The molecule has 1 aromatic rings. The Morgan fingerprint density at radius 2 is 2.40 bits per heavy atom. The maximum Gasteiger partial charge on any atom is 0.262 e. The first-order valence-corrected chi connectivity index (χ1v) is 4.66. The molecule has 1 aliphatic rings. The van der Waals surface area contributed by atoms with Gasteiger partial charge in [0.05, 0.1) is 5.69 Å². The lowest BCUT2D eigenvalue weighted by atomic mass is 10.1. The van der Waals surface area contributed by atoms with Crippen molar-refractivity contribution in [2.75, 3.05) is 17.7 Å². The van der Waals surface area contributed by atoms with Gasteiger partial charge in [0, 0.05) is 5.69 Å². The fourth-order valence-electron chi connectivity index (χ4n) is 1.52. The topological polar surface area (TPSA) is 64.3 Å². The van der Waals surface area contributed by atoms with Crippen LogP contribution in [0.1, 0.15) is 5.56 Å². The standard InChI is InChI=1S/C11H12N2O2/c1-2-3-7-4-10-9(5-8(7)12)13-11(14)6-15-10/h2,4-5H,1,3,6,12H2,(H,13,14). The van der Waals surface area contributed by atoms with E-state index in [1.54, 1.807) is 12.1 Å². The number of amides is 1. The summed E-state index contributed by atoms with van der Waals surface area (Å²) in [4.78, 5) is 11.1. The van der Waals surface area contributed by atoms with Gasteiger partial charge in [0.25, 0.3) is 5.91 Å². The Morgan fingerprint density at radius 3 is 3.13 bits per heavy atom. The van der Waals surface area contributed by atoms with Crippen LogP contribution in [0.25, 0.3) is 0 Å². The van der Waals surface area contributed by atoms with E-state index in [-0.39, 0.29) is 12.5 Å². The van der Waals surface area contributed by atoms with Crippen LogP contribution in [-0.2, 0) is 11.2 Å². The fourth-order valence-corrected chi connectivity index (χ4v) is 1.52. The van der Waals surface area contributed by atoms with Gasteiger partial charge in [0.15, 0.2) is 6.61 Å². The van der Waals surface area contributed by atoms with Crippen molar-refractivity contribution in [1.29, 1.82) is 0 Å². The van der Waals surface area contributed by atoms with Gasteiger partial charge >= 0.3 is 0 Å². The van der Waals surface area contributed by atoms with Crippen LogP contribution in [0.5, 0.6) is 5.75 Å². The lowest BCUT2D eigenvalue weighted by molar-refractivity contribution is -0.118. The van der Waals surface area contributed by atoms with Crippen LogP contribution in [0.3, 0.4) is 0 Å². The molecule has 1 amide bonds. The van der Waals surface area contributed by atoms with E-state index in [1.807, 2.05) is 6.07 Å². The first-order chi connectivity index (χ1) is 7.20. The second-order valence-corrected chi connectivity index (χ2v) is 3.38. The molecule has 0 unspecified atom stereocenters. The number of ether oxygens (including phenoxy) is 1. The normalized spacial score (nSPS) is 13.7. The SMILES string of the molecule is C=CCc1cc2c(cc1N)NC(=O)CO2. The average molecular weight is 204 g/mol. The minimum atomic E-state index is -0.154. The molecule has 0 saturated carbocycles. The number of anilines is 2. The summed E-state index contributed by atoms with van der Waals surface area (Å²) in [6.45, 7) is 3.72. The molecule has 78 valence electrons. The molecule has 1 heterocycles. The molecule has 1 aromatic carbocycles. The third-order valence-corrected chi connectivity index (χ3v) is 2.24. The Kier molecular flexibility index (Phi) is 2.33. The Hall–Kier alpha value is -1.97. The van der Waals surface area contributed by atoms with Crippen molar-refractivity contribution in [2.24, 2.45) is 0 Å². The van der Waals surface area contributed by atoms with Crippen molar-refractivity contribution in [1.82, 2.24) is 0 Å². The average Bonchev–Trinajstić information content (AvgIpc) is 2.20. The molecule has 4 nitrogen and oxygen atoms in total. The summed E-state index contributed by atoms with van der Waals surface area (Å²) in [6, 6.07) is 3.55. The second kappa shape index (κ2) is 3.65. The third-order valence-electron chi connectivity index (χ3n) is 2.24. The van der Waals surface area contributed by atoms with Crippen molar-refractivity contribution in [2.45, 2.75) is 6.42 Å². The molecule has 1 aliphatic heterocycles. The van der Waals surface area contributed by atoms with Gasteiger partial charge in [-0.15, -0.1) is 6.58 Å². The van der Waals surface area contributed by atoms with Crippen LogP contribution in [0, 0.1) is 0 Å². The van der Waals surface area contributed by atoms with E-state index >= 15 is 0 Å². The van der Waals surface area contributed by atoms with E-state index in [0.717, 1.165) is 5.56 Å². The highest BCUT2D eigenvalue weighted by atomic mass is 16.5. The zero-order valence-corrected chi connectivity index (χ0v) is 8.25. The van der Waals surface area contributed by atoms with Gasteiger partial charge in [-0.3, -0.25) is 4.79 Å². The first-order valence-electron chi connectivity index (χ1n) is 4.66. The predicted octanol–water partition coefficient (Wildman–Crippen LogP) is 1.33. The lowest BCUT2D eigenvalue weighted by Gasteiger charge is -2.19. The smallest absolute Gasteiger partial charge is 0.262 e. The van der Waals surface area contributed by atoms with Crippen LogP contribution in [-0.4, -0.2) is 12.5 Å². The van der Waals surface area contributed by atoms with Gasteiger partial charge in [-0.25, -0.2) is 0 Å². The molecule has 2 rings (SSSR count). The Balaban J connectivity index is 2.41. The third kappa shape index (κ3) is 1.79. The number of nitrogens with one attached hydrogen (secondary N) is 1. The fraction of sp³-hybridized carbons (Fsp3) is 0.182. The van der Waals surface area contributed by atoms with Gasteiger partial charge in [0.1, 0.15) is 5.75 Å². The predicted molar refractivity (Wildman–Crippen MR) is 58.9 cm³/mol. The second-order valence-electron chi connectivity index (χ2n) is 3.38. The summed E-state index contributed by atoms with van der Waals surface area (Å²) < 4.78 is 5.28. The van der Waals surface area contributed by atoms with E-state index < -0.39 is 0 Å². The van der Waals surface area contributed by atoms with Gasteiger partial charge in [-0.1, -0.05) is 6.08 Å². The first kappa shape index (κ1) is 9.58. The summed E-state index contributed by atoms with van der Waals surface area (Å²) >= 11 is 0. The number of fused-ring (bicyclic) bond motifs is 1. The van der Waals surface area contributed by atoms with Crippen molar-refractivity contribution < 1.29 is 9.53 Å². The molecular weight excluding hydrogens is 192 g/mol. The van der Waals surface area contributed by atoms with Crippen molar-refractivity contribution in [3.63, 3.8) is 0 Å². The van der Waals surface area contributed by atoms with E-state index in [0.29, 0.717) is 23.5 Å². The number of carbonyl (C=O) groups is 1. The van der Waals surface area contributed by atoms with E-state index in [9.17, 15) is 4.79 Å². The molecule has 0 spiro atoms. The summed E-state index contributed by atoms with van der Waals surface area (Å²) in [6.07, 6.45) is 2.47. The summed E-state index contributed by atoms with van der Waals surface area (Å²) in [5, 5.41) is 2.70. The molecule has 0 aromatic heterocycles. The molecule has 0 fully saturated rings. The van der Waals surface area contributed by atoms with Gasteiger partial charge in [0.2, 0.25) is 0 Å². The van der Waals surface area contributed by atoms with E-state index in [1.165, 1.54) is 0 Å². The summed E-state index contributed by atoms with van der Waals surface area (Å²) in [5.74, 6) is 0.513. The van der Waals surface area contributed by atoms with Crippen LogP contribution < -0.4 is 15.8 Å². The number of allylic oxidation sites excluding steroid dienone is 1. The van der Waals surface area contributed by atoms with Crippen LogP contribution >= 0.6 is 0 Å². The van der Waals surface area contributed by atoms with Crippen LogP contribution in [0.2, 0.25) is 0 Å². The van der Waals surface area contributed by atoms with E-state index in [2.05, 4.69) is 11.9 Å². The quantitative estimate of drug-likeness (QED) is 0.564. The molecular formula is C11H12N2O2. The molecule has 0 saturated heterocycles. The minimum Gasteiger partial charge on any atom is -0.482 e. The Bertz CT molecular complexity index is 427. The number of benzene rings is 1. The zero-order chi connectivity index (χ0) is 10.8. The van der Waals surface area contributed by atoms with Crippen molar-refractivity contribution in [3.8, 4) is 5.75 Å². The molecule has 0 aliphatic carbocycles. The maximum absolute atomic E-state index is 11.1. The minimum absolute atomic E-state index is 0.0600. The number of carbonyl (C=O) groups excluding carboxylic acids is 1. The number of nitrogen functional groups attached to an aromatic ring is 1. The highest BCUT2D eigenvalue weighted by Crippen LogP contribution is 2.32. The monoisotopic (exact) mass is 204 g/mol. The lowest BCUT2D eigenvalue weighted by Crippen LogP contribution is -2.25.